The van der Waals surface area contributed by atoms with Crippen LogP contribution in [0.25, 0.3) is 10.9 Å². The molecular weight excluding hydrogens is 530 g/mol. The Bertz CT molecular complexity index is 1610. The van der Waals surface area contributed by atoms with Crippen LogP contribution in [0, 0.1) is 0 Å². The number of rotatable bonds is 10. The van der Waals surface area contributed by atoms with Crippen LogP contribution in [0.3, 0.4) is 0 Å². The van der Waals surface area contributed by atoms with E-state index in [4.69, 9.17) is 11.6 Å². The van der Waals surface area contributed by atoms with Crippen molar-refractivity contribution in [1.82, 2.24) is 30.6 Å². The molecule has 0 spiro atoms. The fourth-order valence-electron chi connectivity index (χ4n) is 4.19. The van der Waals surface area contributed by atoms with Crippen molar-refractivity contribution < 1.29 is 14.7 Å². The van der Waals surface area contributed by atoms with Crippen LogP contribution in [0.5, 0.6) is 0 Å². The fraction of sp³-hybridized carbons (Fsp3) is 0.138. The molecule has 0 aliphatic carbocycles. The summed E-state index contributed by atoms with van der Waals surface area (Å²) in [5, 5.41) is 29.4. The highest BCUT2D eigenvalue weighted by Gasteiger charge is 2.29. The zero-order valence-corrected chi connectivity index (χ0v) is 22.0. The van der Waals surface area contributed by atoms with E-state index in [9.17, 15) is 14.7 Å². The second-order valence-corrected chi connectivity index (χ2v) is 9.43. The van der Waals surface area contributed by atoms with Gasteiger partial charge in [0, 0.05) is 27.9 Å². The maximum Gasteiger partial charge on any atom is 0.251 e. The number of nitrogens with one attached hydrogen (secondary N) is 3. The molecule has 5 rings (SSSR count). The van der Waals surface area contributed by atoms with Gasteiger partial charge in [0.15, 0.2) is 6.10 Å². The van der Waals surface area contributed by atoms with Crippen LogP contribution in [0.2, 0.25) is 5.02 Å². The minimum absolute atomic E-state index is 0.0424. The van der Waals surface area contributed by atoms with Crippen molar-refractivity contribution in [3.05, 3.63) is 119 Å². The van der Waals surface area contributed by atoms with Gasteiger partial charge in [0.1, 0.15) is 12.4 Å². The Morgan fingerprint density at radius 3 is 2.50 bits per heavy atom. The van der Waals surface area contributed by atoms with Crippen LogP contribution in [0.4, 0.5) is 5.69 Å². The predicted octanol–water partition coefficient (Wildman–Crippen LogP) is 3.70. The number of aromatic nitrogens is 4. The third-order valence-electron chi connectivity index (χ3n) is 6.23. The number of carbonyl (C=O) groups is 2. The van der Waals surface area contributed by atoms with E-state index < -0.39 is 24.0 Å². The summed E-state index contributed by atoms with van der Waals surface area (Å²) in [5.74, 6) is -1.06. The molecule has 3 aromatic carbocycles. The van der Waals surface area contributed by atoms with Gasteiger partial charge in [-0.05, 0) is 42.0 Å². The molecule has 0 radical (unpaired) electrons. The van der Waals surface area contributed by atoms with Gasteiger partial charge in [-0.15, -0.1) is 5.10 Å². The molecule has 11 heteroatoms. The molecule has 0 aliphatic heterocycles. The van der Waals surface area contributed by atoms with Crippen molar-refractivity contribution in [2.75, 3.05) is 5.32 Å². The van der Waals surface area contributed by atoms with Gasteiger partial charge >= 0.3 is 0 Å². The number of anilines is 1. The number of nitrogens with zero attached hydrogens (tertiary/aromatic N) is 4. The van der Waals surface area contributed by atoms with Gasteiger partial charge in [-0.3, -0.25) is 14.6 Å². The van der Waals surface area contributed by atoms with Gasteiger partial charge in [-0.25, -0.2) is 4.68 Å². The summed E-state index contributed by atoms with van der Waals surface area (Å²) < 4.78 is 1.59. The first kappa shape index (κ1) is 26.8. The van der Waals surface area contributed by atoms with E-state index in [1.165, 1.54) is 0 Å². The number of carbonyl (C=O) groups excluding carboxylic acids is 2. The lowest BCUT2D eigenvalue weighted by atomic mass is 10.00. The van der Waals surface area contributed by atoms with E-state index in [1.54, 1.807) is 83.8 Å². The number of hydrogen-bond donors (Lipinski definition) is 4. The molecule has 40 heavy (non-hydrogen) atoms. The zero-order chi connectivity index (χ0) is 27.9. The smallest absolute Gasteiger partial charge is 0.251 e. The summed E-state index contributed by atoms with van der Waals surface area (Å²) >= 11 is 6.07. The Hall–Kier alpha value is -4.80. The average molecular weight is 556 g/mol. The van der Waals surface area contributed by atoms with E-state index in [0.717, 1.165) is 16.6 Å². The second-order valence-electron chi connectivity index (χ2n) is 8.99. The first-order valence-corrected chi connectivity index (χ1v) is 12.9. The van der Waals surface area contributed by atoms with E-state index in [0.29, 0.717) is 28.5 Å². The lowest BCUT2D eigenvalue weighted by molar-refractivity contribution is -0.130. The Labute approximate surface area is 235 Å². The molecule has 2 amide bonds. The topological polar surface area (TPSA) is 134 Å². The largest absolute Gasteiger partial charge is 0.381 e. The van der Waals surface area contributed by atoms with Crippen LogP contribution in [0.15, 0.2) is 97.3 Å². The third-order valence-corrected chi connectivity index (χ3v) is 6.47. The molecule has 0 saturated heterocycles. The second kappa shape index (κ2) is 12.4. The predicted molar refractivity (Wildman–Crippen MR) is 151 cm³/mol. The lowest BCUT2D eigenvalue weighted by Crippen LogP contribution is -2.45. The van der Waals surface area contributed by atoms with Crippen molar-refractivity contribution in [1.29, 1.82) is 0 Å². The molecule has 0 unspecified atom stereocenters. The highest BCUT2D eigenvalue weighted by molar-refractivity contribution is 6.31. The number of halogens is 1. The number of pyridine rings is 1. The Balaban J connectivity index is 1.20. The van der Waals surface area contributed by atoms with Crippen molar-refractivity contribution >= 4 is 40.0 Å². The minimum Gasteiger partial charge on any atom is -0.381 e. The first-order chi connectivity index (χ1) is 19.5. The number of aliphatic hydroxyl groups is 1. The summed E-state index contributed by atoms with van der Waals surface area (Å²) in [4.78, 5) is 30.1. The van der Waals surface area contributed by atoms with Gasteiger partial charge in [0.2, 0.25) is 0 Å². The number of fused-ring (bicyclic) bond motifs is 1. The Morgan fingerprint density at radius 2 is 1.73 bits per heavy atom. The maximum atomic E-state index is 12.9. The summed E-state index contributed by atoms with van der Waals surface area (Å²) in [6, 6.07) is 23.9. The van der Waals surface area contributed by atoms with Gasteiger partial charge < -0.3 is 21.1 Å². The number of aliphatic hydroxyl groups excluding tert-OH is 1. The van der Waals surface area contributed by atoms with Crippen molar-refractivity contribution in [3.63, 3.8) is 0 Å². The molecule has 10 nitrogen and oxygen atoms in total. The fourth-order valence-corrected chi connectivity index (χ4v) is 4.36. The van der Waals surface area contributed by atoms with Crippen molar-refractivity contribution in [2.45, 2.75) is 25.4 Å². The number of benzene rings is 3. The molecule has 0 saturated carbocycles. The Morgan fingerprint density at radius 1 is 0.975 bits per heavy atom. The van der Waals surface area contributed by atoms with Crippen LogP contribution in [-0.2, 0) is 18.0 Å². The molecule has 202 valence electrons. The highest BCUT2D eigenvalue weighted by atomic mass is 35.5. The molecular formula is C29H26ClN7O3. The average Bonchev–Trinajstić information content (AvgIpc) is 3.45. The lowest BCUT2D eigenvalue weighted by Gasteiger charge is -2.24. The van der Waals surface area contributed by atoms with Crippen LogP contribution in [-0.4, -0.2) is 43.0 Å². The van der Waals surface area contributed by atoms with Crippen LogP contribution >= 0.6 is 11.6 Å². The molecule has 2 heterocycles. The number of amides is 2. The highest BCUT2D eigenvalue weighted by Crippen LogP contribution is 2.24. The molecule has 4 N–H and O–H groups in total. The van der Waals surface area contributed by atoms with Gasteiger partial charge in [0.05, 0.1) is 24.3 Å². The third kappa shape index (κ3) is 6.42. The molecule has 2 atom stereocenters. The minimum atomic E-state index is -1.54. The van der Waals surface area contributed by atoms with Gasteiger partial charge in [-0.1, -0.05) is 65.3 Å². The quantitative estimate of drug-likeness (QED) is 0.206. The molecule has 0 fully saturated rings. The summed E-state index contributed by atoms with van der Waals surface area (Å²) in [7, 11) is 0. The summed E-state index contributed by atoms with van der Waals surface area (Å²) in [6.07, 6.45) is 1.84. The zero-order valence-electron chi connectivity index (χ0n) is 21.2. The molecule has 0 aliphatic rings. The van der Waals surface area contributed by atoms with E-state index in [2.05, 4.69) is 31.2 Å². The van der Waals surface area contributed by atoms with Crippen LogP contribution in [0.1, 0.15) is 27.7 Å². The summed E-state index contributed by atoms with van der Waals surface area (Å²) in [6.45, 7) is 0.369. The molecule has 5 aromatic rings. The van der Waals surface area contributed by atoms with E-state index in [1.807, 2.05) is 18.2 Å². The van der Waals surface area contributed by atoms with Gasteiger partial charge in [0.25, 0.3) is 11.8 Å². The monoisotopic (exact) mass is 555 g/mol. The van der Waals surface area contributed by atoms with E-state index >= 15 is 0 Å². The van der Waals surface area contributed by atoms with Crippen molar-refractivity contribution in [3.8, 4) is 0 Å². The maximum absolute atomic E-state index is 12.9. The molecule has 2 aromatic heterocycles. The molecule has 0 bridgehead atoms. The number of hydrogen-bond acceptors (Lipinski definition) is 7. The van der Waals surface area contributed by atoms with Crippen LogP contribution < -0.4 is 16.0 Å². The van der Waals surface area contributed by atoms with E-state index in [-0.39, 0.29) is 6.54 Å². The first-order valence-electron chi connectivity index (χ1n) is 12.5. The summed E-state index contributed by atoms with van der Waals surface area (Å²) in [5.41, 5.74) is 3.15. The standard InChI is InChI=1S/C29H26ClN7O3/c30-21-11-12-23-24(13-14-31-25(23)15-21)33-18-37-17-22(35-36-37)16-32-29(40)27(38)26(19-7-3-1-4-8-19)34-28(39)20-9-5-2-6-10-20/h1-15,17,26-27,38H,16,18H2,(H,31,33)(H,32,40)(H,34,39)/t26-,27+/m1/s1. The van der Waals surface area contributed by atoms with Crippen molar-refractivity contribution in [2.24, 2.45) is 0 Å². The Kier molecular flexibility index (Phi) is 8.29. The van der Waals surface area contributed by atoms with Gasteiger partial charge in [-0.2, -0.15) is 0 Å². The normalized spacial score (nSPS) is 12.4. The SMILES string of the molecule is O=C(N[C@H](c1ccccc1)[C@H](O)C(=O)NCc1cn(CNc2ccnc3cc(Cl)ccc23)nn1)c1ccccc1.